The standard InChI is InChI=1S/C18H22N2O3S/c1-14(2)20(13-15-7-5-4-6-8-15)18(21)19-16-9-11-17(12-10-16)24(3,22)23/h4-12,14H,13H2,1-3H3,(H,19,21). The van der Waals surface area contributed by atoms with Crippen LogP contribution in [-0.4, -0.2) is 31.6 Å². The SMILES string of the molecule is CC(C)N(Cc1ccccc1)C(=O)Nc1ccc(S(C)(=O)=O)cc1. The molecule has 1 N–H and O–H groups in total. The Kier molecular flexibility index (Phi) is 5.62. The van der Waals surface area contributed by atoms with Gasteiger partial charge in [0.1, 0.15) is 0 Å². The van der Waals surface area contributed by atoms with Crippen LogP contribution >= 0.6 is 0 Å². The minimum Gasteiger partial charge on any atom is -0.318 e. The minimum atomic E-state index is -3.24. The van der Waals surface area contributed by atoms with Gasteiger partial charge in [0.15, 0.2) is 9.84 Å². The summed E-state index contributed by atoms with van der Waals surface area (Å²) >= 11 is 0. The summed E-state index contributed by atoms with van der Waals surface area (Å²) in [4.78, 5) is 14.5. The van der Waals surface area contributed by atoms with Gasteiger partial charge in [-0.1, -0.05) is 30.3 Å². The fourth-order valence-electron chi connectivity index (χ4n) is 2.25. The van der Waals surface area contributed by atoms with E-state index >= 15 is 0 Å². The first-order valence-corrected chi connectivity index (χ1v) is 9.58. The van der Waals surface area contributed by atoms with E-state index in [1.165, 1.54) is 12.1 Å². The van der Waals surface area contributed by atoms with E-state index in [1.807, 2.05) is 44.2 Å². The number of rotatable bonds is 5. The van der Waals surface area contributed by atoms with Crippen LogP contribution in [-0.2, 0) is 16.4 Å². The van der Waals surface area contributed by atoms with Crippen LogP contribution in [0.25, 0.3) is 0 Å². The number of hydrogen-bond acceptors (Lipinski definition) is 3. The molecule has 0 atom stereocenters. The fraction of sp³-hybridized carbons (Fsp3) is 0.278. The number of anilines is 1. The van der Waals surface area contributed by atoms with Crippen molar-refractivity contribution in [1.82, 2.24) is 4.90 Å². The molecule has 0 bridgehead atoms. The number of hydrogen-bond donors (Lipinski definition) is 1. The average molecular weight is 346 g/mol. The molecule has 0 saturated heterocycles. The number of urea groups is 1. The monoisotopic (exact) mass is 346 g/mol. The highest BCUT2D eigenvalue weighted by molar-refractivity contribution is 7.90. The van der Waals surface area contributed by atoms with Crippen LogP contribution in [0, 0.1) is 0 Å². The van der Waals surface area contributed by atoms with Crippen LogP contribution < -0.4 is 5.32 Å². The lowest BCUT2D eigenvalue weighted by Crippen LogP contribution is -2.39. The molecule has 0 aromatic heterocycles. The van der Waals surface area contributed by atoms with Crippen LogP contribution in [0.1, 0.15) is 19.4 Å². The zero-order valence-electron chi connectivity index (χ0n) is 14.1. The van der Waals surface area contributed by atoms with Crippen molar-refractivity contribution in [2.45, 2.75) is 31.3 Å². The number of carbonyl (C=O) groups excluding carboxylic acids is 1. The minimum absolute atomic E-state index is 0.0282. The van der Waals surface area contributed by atoms with Crippen molar-refractivity contribution in [1.29, 1.82) is 0 Å². The van der Waals surface area contributed by atoms with E-state index in [9.17, 15) is 13.2 Å². The van der Waals surface area contributed by atoms with Crippen molar-refractivity contribution in [3.8, 4) is 0 Å². The molecule has 128 valence electrons. The predicted octanol–water partition coefficient (Wildman–Crippen LogP) is 3.53. The maximum Gasteiger partial charge on any atom is 0.322 e. The first-order chi connectivity index (χ1) is 11.3. The Bertz CT molecular complexity index is 785. The largest absolute Gasteiger partial charge is 0.322 e. The van der Waals surface area contributed by atoms with Gasteiger partial charge in [-0.3, -0.25) is 0 Å². The van der Waals surface area contributed by atoms with Gasteiger partial charge in [-0.05, 0) is 43.7 Å². The quantitative estimate of drug-likeness (QED) is 0.900. The van der Waals surface area contributed by atoms with Crippen LogP contribution in [0.5, 0.6) is 0 Å². The molecule has 0 unspecified atom stereocenters. The number of carbonyl (C=O) groups is 1. The number of benzene rings is 2. The highest BCUT2D eigenvalue weighted by Gasteiger charge is 2.17. The first-order valence-electron chi connectivity index (χ1n) is 7.69. The second-order valence-corrected chi connectivity index (χ2v) is 7.95. The smallest absolute Gasteiger partial charge is 0.318 e. The van der Waals surface area contributed by atoms with Gasteiger partial charge in [-0.15, -0.1) is 0 Å². The summed E-state index contributed by atoms with van der Waals surface area (Å²) < 4.78 is 22.9. The van der Waals surface area contributed by atoms with Gasteiger partial charge in [0.25, 0.3) is 0 Å². The van der Waals surface area contributed by atoms with Crippen LogP contribution in [0.3, 0.4) is 0 Å². The molecular formula is C18H22N2O3S. The molecular weight excluding hydrogens is 324 g/mol. The Balaban J connectivity index is 2.10. The van der Waals surface area contributed by atoms with Gasteiger partial charge < -0.3 is 10.2 Å². The predicted molar refractivity (Wildman–Crippen MR) is 95.7 cm³/mol. The van der Waals surface area contributed by atoms with E-state index in [2.05, 4.69) is 5.32 Å². The Morgan fingerprint density at radius 2 is 1.62 bits per heavy atom. The van der Waals surface area contributed by atoms with Gasteiger partial charge in [0, 0.05) is 24.5 Å². The maximum absolute atomic E-state index is 12.5. The normalized spacial score (nSPS) is 11.3. The summed E-state index contributed by atoms with van der Waals surface area (Å²) in [6, 6.07) is 15.7. The van der Waals surface area contributed by atoms with E-state index in [0.29, 0.717) is 12.2 Å². The van der Waals surface area contributed by atoms with E-state index in [1.54, 1.807) is 17.0 Å². The number of nitrogens with one attached hydrogen (secondary N) is 1. The average Bonchev–Trinajstić information content (AvgIpc) is 2.53. The van der Waals surface area contributed by atoms with Crippen molar-refractivity contribution in [3.63, 3.8) is 0 Å². The zero-order chi connectivity index (χ0) is 17.7. The van der Waals surface area contributed by atoms with Crippen LogP contribution in [0.2, 0.25) is 0 Å². The second-order valence-electron chi connectivity index (χ2n) is 5.93. The summed E-state index contributed by atoms with van der Waals surface area (Å²) in [5.41, 5.74) is 1.61. The zero-order valence-corrected chi connectivity index (χ0v) is 14.9. The summed E-state index contributed by atoms with van der Waals surface area (Å²) in [7, 11) is -3.24. The summed E-state index contributed by atoms with van der Waals surface area (Å²) in [5.74, 6) is 0. The highest BCUT2D eigenvalue weighted by Crippen LogP contribution is 2.16. The molecule has 0 spiro atoms. The molecule has 0 fully saturated rings. The third-order valence-corrected chi connectivity index (χ3v) is 4.74. The molecule has 2 amide bonds. The number of sulfone groups is 1. The van der Waals surface area contributed by atoms with Crippen molar-refractivity contribution >= 4 is 21.6 Å². The number of amides is 2. The molecule has 2 aromatic carbocycles. The molecule has 24 heavy (non-hydrogen) atoms. The van der Waals surface area contributed by atoms with Crippen LogP contribution in [0.15, 0.2) is 59.5 Å². The molecule has 0 radical (unpaired) electrons. The fourth-order valence-corrected chi connectivity index (χ4v) is 2.88. The maximum atomic E-state index is 12.5. The molecule has 6 heteroatoms. The second kappa shape index (κ2) is 7.49. The van der Waals surface area contributed by atoms with Crippen LogP contribution in [0.4, 0.5) is 10.5 Å². The topological polar surface area (TPSA) is 66.5 Å². The molecule has 5 nitrogen and oxygen atoms in total. The molecule has 0 aliphatic rings. The Morgan fingerprint density at radius 1 is 1.04 bits per heavy atom. The third-order valence-electron chi connectivity index (χ3n) is 3.61. The van der Waals surface area contributed by atoms with Gasteiger partial charge >= 0.3 is 6.03 Å². The highest BCUT2D eigenvalue weighted by atomic mass is 32.2. The van der Waals surface area contributed by atoms with E-state index in [-0.39, 0.29) is 17.0 Å². The van der Waals surface area contributed by atoms with Crippen molar-refractivity contribution in [2.75, 3.05) is 11.6 Å². The van der Waals surface area contributed by atoms with E-state index in [4.69, 9.17) is 0 Å². The number of nitrogens with zero attached hydrogens (tertiary/aromatic N) is 1. The van der Waals surface area contributed by atoms with Gasteiger partial charge in [0.05, 0.1) is 4.90 Å². The van der Waals surface area contributed by atoms with Gasteiger partial charge in [-0.2, -0.15) is 0 Å². The Labute approximate surface area is 143 Å². The Morgan fingerprint density at radius 3 is 2.12 bits per heavy atom. The lowest BCUT2D eigenvalue weighted by Gasteiger charge is -2.27. The molecule has 0 aliphatic heterocycles. The molecule has 0 saturated carbocycles. The van der Waals surface area contributed by atoms with Gasteiger partial charge in [0.2, 0.25) is 0 Å². The third kappa shape index (κ3) is 4.83. The molecule has 0 aliphatic carbocycles. The summed E-state index contributed by atoms with van der Waals surface area (Å²) in [5, 5.41) is 2.81. The molecule has 0 heterocycles. The van der Waals surface area contributed by atoms with Crippen molar-refractivity contribution in [3.05, 3.63) is 60.2 Å². The lowest BCUT2D eigenvalue weighted by atomic mass is 10.2. The Hall–Kier alpha value is -2.34. The molecule has 2 aromatic rings. The summed E-state index contributed by atoms with van der Waals surface area (Å²) in [6.07, 6.45) is 1.15. The molecule has 2 rings (SSSR count). The van der Waals surface area contributed by atoms with E-state index in [0.717, 1.165) is 11.8 Å². The van der Waals surface area contributed by atoms with E-state index < -0.39 is 9.84 Å². The first kappa shape index (κ1) is 18.0. The van der Waals surface area contributed by atoms with Crippen molar-refractivity contribution < 1.29 is 13.2 Å². The summed E-state index contributed by atoms with van der Waals surface area (Å²) in [6.45, 7) is 4.41. The lowest BCUT2D eigenvalue weighted by molar-refractivity contribution is 0.193. The van der Waals surface area contributed by atoms with Gasteiger partial charge in [-0.25, -0.2) is 13.2 Å². The van der Waals surface area contributed by atoms with Crippen molar-refractivity contribution in [2.24, 2.45) is 0 Å².